The molecule has 116 valence electrons. The maximum atomic E-state index is 11.9. The van der Waals surface area contributed by atoms with Crippen LogP contribution in [0.25, 0.3) is 0 Å². The molecule has 0 radical (unpaired) electrons. The summed E-state index contributed by atoms with van der Waals surface area (Å²) in [5.41, 5.74) is 0. The van der Waals surface area contributed by atoms with Crippen molar-refractivity contribution in [2.75, 3.05) is 40.0 Å². The van der Waals surface area contributed by atoms with E-state index in [0.29, 0.717) is 26.4 Å². The maximum absolute atomic E-state index is 11.9. The molecule has 1 fully saturated rings. The Balaban J connectivity index is 2.10. The zero-order valence-electron chi connectivity index (χ0n) is 12.0. The number of amides is 2. The second-order valence-corrected chi connectivity index (χ2v) is 4.76. The molecular formula is C13H24N2O5. The van der Waals surface area contributed by atoms with Crippen LogP contribution in [-0.2, 0) is 14.3 Å². The van der Waals surface area contributed by atoms with Gasteiger partial charge in [-0.15, -0.1) is 0 Å². The molecule has 0 aromatic carbocycles. The monoisotopic (exact) mass is 288 g/mol. The van der Waals surface area contributed by atoms with Gasteiger partial charge in [-0.05, 0) is 19.3 Å². The number of carbonyl (C=O) groups is 2. The fourth-order valence-electron chi connectivity index (χ4n) is 1.77. The molecule has 0 atom stereocenters. The van der Waals surface area contributed by atoms with E-state index in [4.69, 9.17) is 14.6 Å². The second kappa shape index (κ2) is 9.55. The van der Waals surface area contributed by atoms with Gasteiger partial charge < -0.3 is 24.8 Å². The van der Waals surface area contributed by atoms with E-state index in [1.54, 1.807) is 12.0 Å². The fraction of sp³-hybridized carbons (Fsp3) is 0.846. The molecule has 1 saturated carbocycles. The van der Waals surface area contributed by atoms with E-state index in [1.165, 1.54) is 0 Å². The third-order valence-electron chi connectivity index (χ3n) is 2.99. The molecule has 2 amide bonds. The van der Waals surface area contributed by atoms with E-state index in [-0.39, 0.29) is 25.0 Å². The zero-order chi connectivity index (χ0) is 14.8. The minimum absolute atomic E-state index is 0.00987. The van der Waals surface area contributed by atoms with Gasteiger partial charge in [0.05, 0.1) is 19.6 Å². The average Bonchev–Trinajstić information content (AvgIpc) is 3.22. The smallest absolute Gasteiger partial charge is 0.317 e. The van der Waals surface area contributed by atoms with Gasteiger partial charge in [0, 0.05) is 32.8 Å². The largest absolute Gasteiger partial charge is 0.481 e. The van der Waals surface area contributed by atoms with E-state index >= 15 is 0 Å². The summed E-state index contributed by atoms with van der Waals surface area (Å²) in [6.07, 6.45) is 2.65. The molecule has 7 heteroatoms. The van der Waals surface area contributed by atoms with Crippen molar-refractivity contribution in [3.8, 4) is 0 Å². The normalized spacial score (nSPS) is 14.1. The number of ether oxygens (including phenoxy) is 2. The molecule has 0 bridgehead atoms. The third-order valence-corrected chi connectivity index (χ3v) is 2.99. The Morgan fingerprint density at radius 2 is 2.05 bits per heavy atom. The standard InChI is InChI=1S/C13H24N2O5/c1-19-9-10-20-8-2-6-14-13(18)15(11-3-4-11)7-5-12(16)17/h11H,2-10H2,1H3,(H,14,18)(H,16,17). The molecule has 0 unspecified atom stereocenters. The Bertz CT molecular complexity index is 307. The van der Waals surface area contributed by atoms with Crippen LogP contribution in [0.3, 0.4) is 0 Å². The lowest BCUT2D eigenvalue weighted by Crippen LogP contribution is -2.43. The highest BCUT2D eigenvalue weighted by Crippen LogP contribution is 2.26. The summed E-state index contributed by atoms with van der Waals surface area (Å²) in [5, 5.41) is 11.5. The first-order valence-corrected chi connectivity index (χ1v) is 6.98. The first-order valence-electron chi connectivity index (χ1n) is 6.98. The Hall–Kier alpha value is -1.34. The summed E-state index contributed by atoms with van der Waals surface area (Å²) < 4.78 is 10.1. The molecule has 20 heavy (non-hydrogen) atoms. The number of hydrogen-bond donors (Lipinski definition) is 2. The quantitative estimate of drug-likeness (QED) is 0.546. The van der Waals surface area contributed by atoms with Crippen molar-refractivity contribution in [3.63, 3.8) is 0 Å². The van der Waals surface area contributed by atoms with Gasteiger partial charge in [0.25, 0.3) is 0 Å². The summed E-state index contributed by atoms with van der Waals surface area (Å²) in [6.45, 7) is 2.49. The van der Waals surface area contributed by atoms with Crippen molar-refractivity contribution < 1.29 is 24.2 Å². The third kappa shape index (κ3) is 7.30. The van der Waals surface area contributed by atoms with E-state index in [1.807, 2.05) is 0 Å². The number of hydrogen-bond acceptors (Lipinski definition) is 4. The molecule has 0 aliphatic heterocycles. The highest BCUT2D eigenvalue weighted by atomic mass is 16.5. The SMILES string of the molecule is COCCOCCCNC(=O)N(CCC(=O)O)C1CC1. The summed E-state index contributed by atoms with van der Waals surface area (Å²) in [7, 11) is 1.62. The lowest BCUT2D eigenvalue weighted by Gasteiger charge is -2.22. The van der Waals surface area contributed by atoms with Crippen LogP contribution in [0.2, 0.25) is 0 Å². The molecule has 1 aliphatic rings. The van der Waals surface area contributed by atoms with Crippen molar-refractivity contribution in [3.05, 3.63) is 0 Å². The minimum atomic E-state index is -0.880. The van der Waals surface area contributed by atoms with Crippen LogP contribution in [0.4, 0.5) is 4.79 Å². The van der Waals surface area contributed by atoms with Gasteiger partial charge in [0.1, 0.15) is 0 Å². The molecule has 0 saturated heterocycles. The van der Waals surface area contributed by atoms with Gasteiger partial charge in [0.2, 0.25) is 0 Å². The number of aliphatic carboxylic acids is 1. The van der Waals surface area contributed by atoms with Crippen LogP contribution in [0.5, 0.6) is 0 Å². The van der Waals surface area contributed by atoms with Gasteiger partial charge in [-0.2, -0.15) is 0 Å². The van der Waals surface area contributed by atoms with Crippen LogP contribution in [0.15, 0.2) is 0 Å². The van der Waals surface area contributed by atoms with Crippen LogP contribution in [-0.4, -0.2) is 68.1 Å². The lowest BCUT2D eigenvalue weighted by molar-refractivity contribution is -0.137. The maximum Gasteiger partial charge on any atom is 0.317 e. The van der Waals surface area contributed by atoms with Crippen LogP contribution >= 0.6 is 0 Å². The van der Waals surface area contributed by atoms with Crippen LogP contribution < -0.4 is 5.32 Å². The first kappa shape index (κ1) is 16.7. The van der Waals surface area contributed by atoms with Crippen molar-refractivity contribution in [2.24, 2.45) is 0 Å². The predicted molar refractivity (Wildman–Crippen MR) is 72.7 cm³/mol. The molecule has 0 heterocycles. The highest BCUT2D eigenvalue weighted by Gasteiger charge is 2.32. The Labute approximate surface area is 119 Å². The van der Waals surface area contributed by atoms with Gasteiger partial charge in [-0.1, -0.05) is 0 Å². The fourth-order valence-corrected chi connectivity index (χ4v) is 1.77. The number of carboxylic acid groups (broad SMARTS) is 1. The molecule has 0 aromatic heterocycles. The Morgan fingerprint density at radius 3 is 2.65 bits per heavy atom. The topological polar surface area (TPSA) is 88.1 Å². The summed E-state index contributed by atoms with van der Waals surface area (Å²) in [4.78, 5) is 24.1. The molecule has 0 spiro atoms. The van der Waals surface area contributed by atoms with Crippen LogP contribution in [0.1, 0.15) is 25.7 Å². The number of rotatable bonds is 11. The van der Waals surface area contributed by atoms with Gasteiger partial charge in [0.15, 0.2) is 0 Å². The molecule has 2 N–H and O–H groups in total. The average molecular weight is 288 g/mol. The molecule has 1 rings (SSSR count). The Kier molecular flexibility index (Phi) is 7.98. The molecule has 1 aliphatic carbocycles. The predicted octanol–water partition coefficient (Wildman–Crippen LogP) is 0.688. The van der Waals surface area contributed by atoms with E-state index < -0.39 is 5.97 Å². The minimum Gasteiger partial charge on any atom is -0.481 e. The number of carboxylic acids is 1. The van der Waals surface area contributed by atoms with Gasteiger partial charge >= 0.3 is 12.0 Å². The van der Waals surface area contributed by atoms with Crippen molar-refractivity contribution in [2.45, 2.75) is 31.7 Å². The number of carbonyl (C=O) groups excluding carboxylic acids is 1. The Morgan fingerprint density at radius 1 is 1.30 bits per heavy atom. The number of urea groups is 1. The van der Waals surface area contributed by atoms with Crippen molar-refractivity contribution in [1.82, 2.24) is 10.2 Å². The number of nitrogens with one attached hydrogen (secondary N) is 1. The van der Waals surface area contributed by atoms with Gasteiger partial charge in [-0.3, -0.25) is 4.79 Å². The second-order valence-electron chi connectivity index (χ2n) is 4.76. The van der Waals surface area contributed by atoms with E-state index in [2.05, 4.69) is 5.32 Å². The summed E-state index contributed by atoms with van der Waals surface area (Å²) in [6, 6.07) is 0.0398. The van der Waals surface area contributed by atoms with Crippen molar-refractivity contribution >= 4 is 12.0 Å². The van der Waals surface area contributed by atoms with Crippen LogP contribution in [0, 0.1) is 0 Å². The summed E-state index contributed by atoms with van der Waals surface area (Å²) in [5.74, 6) is -0.880. The summed E-state index contributed by atoms with van der Waals surface area (Å²) >= 11 is 0. The molecule has 7 nitrogen and oxygen atoms in total. The van der Waals surface area contributed by atoms with E-state index in [9.17, 15) is 9.59 Å². The molecular weight excluding hydrogens is 264 g/mol. The number of methoxy groups -OCH3 is 1. The number of nitrogens with zero attached hydrogens (tertiary/aromatic N) is 1. The van der Waals surface area contributed by atoms with Gasteiger partial charge in [-0.25, -0.2) is 4.79 Å². The molecule has 0 aromatic rings. The zero-order valence-corrected chi connectivity index (χ0v) is 12.0. The highest BCUT2D eigenvalue weighted by molar-refractivity contribution is 5.76. The van der Waals surface area contributed by atoms with E-state index in [0.717, 1.165) is 19.3 Å². The lowest BCUT2D eigenvalue weighted by atomic mass is 10.3. The van der Waals surface area contributed by atoms with Crippen molar-refractivity contribution in [1.29, 1.82) is 0 Å². The first-order chi connectivity index (χ1) is 9.65.